The molecule has 5 heteroatoms. The fourth-order valence-electron chi connectivity index (χ4n) is 2.51. The zero-order chi connectivity index (χ0) is 14.8. The molecular formula is C16H15ClN2OS. The molecule has 2 aromatic carbocycles. The van der Waals surface area contributed by atoms with Crippen molar-refractivity contribution in [1.29, 1.82) is 0 Å². The average Bonchev–Trinajstić information content (AvgIpc) is 2.69. The zero-order valence-electron chi connectivity index (χ0n) is 11.4. The smallest absolute Gasteiger partial charge is 0.124 e. The number of fused-ring (bicyclic) bond motifs is 1. The van der Waals surface area contributed by atoms with Crippen LogP contribution in [0.4, 0.5) is 5.69 Å². The summed E-state index contributed by atoms with van der Waals surface area (Å²) < 4.78 is 5.79. The molecule has 0 atom stereocenters. The van der Waals surface area contributed by atoms with Crippen LogP contribution in [0.25, 0.3) is 0 Å². The number of anilines is 1. The van der Waals surface area contributed by atoms with Gasteiger partial charge in [-0.2, -0.15) is 0 Å². The summed E-state index contributed by atoms with van der Waals surface area (Å²) in [6.45, 7) is 2.15. The maximum Gasteiger partial charge on any atom is 0.124 e. The number of para-hydroxylation sites is 1. The number of halogens is 1. The Balaban J connectivity index is 2.00. The Labute approximate surface area is 134 Å². The number of nitrogens with zero attached hydrogens (tertiary/aromatic N) is 1. The van der Waals surface area contributed by atoms with E-state index in [1.165, 1.54) is 0 Å². The molecule has 0 bridgehead atoms. The fraction of sp³-hybridized carbons (Fsp3) is 0.188. The minimum absolute atomic E-state index is 0.353. The summed E-state index contributed by atoms with van der Waals surface area (Å²) in [6, 6.07) is 13.7. The van der Waals surface area contributed by atoms with Gasteiger partial charge in [0.05, 0.1) is 6.54 Å². The van der Waals surface area contributed by atoms with E-state index in [2.05, 4.69) is 11.0 Å². The molecule has 3 nitrogen and oxygen atoms in total. The van der Waals surface area contributed by atoms with Crippen LogP contribution in [0.3, 0.4) is 0 Å². The van der Waals surface area contributed by atoms with Crippen molar-refractivity contribution < 1.29 is 4.74 Å². The molecule has 0 aliphatic carbocycles. The summed E-state index contributed by atoms with van der Waals surface area (Å²) in [7, 11) is 0. The van der Waals surface area contributed by atoms with Gasteiger partial charge in [0.25, 0.3) is 0 Å². The van der Waals surface area contributed by atoms with Gasteiger partial charge in [-0.3, -0.25) is 0 Å². The minimum atomic E-state index is 0.353. The number of rotatable bonds is 2. The first-order chi connectivity index (χ1) is 10.1. The summed E-state index contributed by atoms with van der Waals surface area (Å²) >= 11 is 11.2. The third-order valence-electron chi connectivity index (χ3n) is 3.52. The lowest BCUT2D eigenvalue weighted by Gasteiger charge is -2.24. The largest absolute Gasteiger partial charge is 0.491 e. The molecule has 0 unspecified atom stereocenters. The molecule has 1 aliphatic heterocycles. The third-order valence-corrected chi connectivity index (χ3v) is 3.97. The number of thiocarbonyl (C=S) groups is 1. The van der Waals surface area contributed by atoms with Gasteiger partial charge in [0.15, 0.2) is 0 Å². The van der Waals surface area contributed by atoms with Gasteiger partial charge in [-0.15, -0.1) is 0 Å². The Kier molecular flexibility index (Phi) is 3.99. The van der Waals surface area contributed by atoms with Crippen LogP contribution in [0.2, 0.25) is 5.02 Å². The number of ether oxygens (including phenoxy) is 1. The molecule has 0 radical (unpaired) electrons. The molecule has 0 spiro atoms. The monoisotopic (exact) mass is 318 g/mol. The van der Waals surface area contributed by atoms with Crippen LogP contribution in [0.1, 0.15) is 11.1 Å². The summed E-state index contributed by atoms with van der Waals surface area (Å²) in [5, 5.41) is 0.632. The molecule has 0 fully saturated rings. The lowest BCUT2D eigenvalue weighted by atomic mass is 10.1. The van der Waals surface area contributed by atoms with Gasteiger partial charge in [0.2, 0.25) is 0 Å². The van der Waals surface area contributed by atoms with Gasteiger partial charge < -0.3 is 15.4 Å². The van der Waals surface area contributed by atoms with E-state index in [4.69, 9.17) is 34.3 Å². The normalized spacial score (nSPS) is 14.0. The molecule has 108 valence electrons. The minimum Gasteiger partial charge on any atom is -0.491 e. The second-order valence-electron chi connectivity index (χ2n) is 4.90. The molecule has 1 heterocycles. The van der Waals surface area contributed by atoms with Gasteiger partial charge >= 0.3 is 0 Å². The molecule has 0 saturated carbocycles. The van der Waals surface area contributed by atoms with Gasteiger partial charge in [-0.1, -0.05) is 42.0 Å². The van der Waals surface area contributed by atoms with Crippen molar-refractivity contribution in [3.8, 4) is 5.75 Å². The number of hydrogen-bond acceptors (Lipinski definition) is 3. The van der Waals surface area contributed by atoms with Crippen LogP contribution in [0, 0.1) is 0 Å². The number of hydrogen-bond donors (Lipinski definition) is 1. The van der Waals surface area contributed by atoms with E-state index in [9.17, 15) is 0 Å². The maximum absolute atomic E-state index is 6.05. The number of benzene rings is 2. The predicted molar refractivity (Wildman–Crippen MR) is 90.3 cm³/mol. The lowest BCUT2D eigenvalue weighted by molar-refractivity contribution is 0.331. The van der Waals surface area contributed by atoms with Crippen molar-refractivity contribution in [3.63, 3.8) is 0 Å². The van der Waals surface area contributed by atoms with Crippen molar-refractivity contribution in [2.75, 3.05) is 18.1 Å². The average molecular weight is 319 g/mol. The van der Waals surface area contributed by atoms with Crippen molar-refractivity contribution in [3.05, 3.63) is 58.6 Å². The molecule has 21 heavy (non-hydrogen) atoms. The van der Waals surface area contributed by atoms with Gasteiger partial charge in [0.1, 0.15) is 17.3 Å². The summed E-state index contributed by atoms with van der Waals surface area (Å²) in [6.07, 6.45) is 0. The summed E-state index contributed by atoms with van der Waals surface area (Å²) in [5.74, 6) is 0.936. The van der Waals surface area contributed by atoms with E-state index in [0.717, 1.165) is 35.7 Å². The Morgan fingerprint density at radius 3 is 2.86 bits per heavy atom. The molecule has 0 saturated heterocycles. The van der Waals surface area contributed by atoms with Crippen LogP contribution < -0.4 is 15.4 Å². The highest BCUT2D eigenvalue weighted by atomic mass is 35.5. The lowest BCUT2D eigenvalue weighted by Crippen LogP contribution is -2.28. The Bertz CT molecular complexity index is 690. The standard InChI is InChI=1S/C16H15ClN2OS/c17-12-5-6-14(13(9-12)16(18)21)19-7-8-20-15-4-2-1-3-11(15)10-19/h1-6,9H,7-8,10H2,(H2,18,21). The quantitative estimate of drug-likeness (QED) is 0.862. The van der Waals surface area contributed by atoms with E-state index >= 15 is 0 Å². The van der Waals surface area contributed by atoms with E-state index in [-0.39, 0.29) is 0 Å². The van der Waals surface area contributed by atoms with Crippen LogP contribution in [0.15, 0.2) is 42.5 Å². The molecule has 2 N–H and O–H groups in total. The molecule has 2 aromatic rings. The highest BCUT2D eigenvalue weighted by molar-refractivity contribution is 7.80. The van der Waals surface area contributed by atoms with Crippen LogP contribution in [-0.2, 0) is 6.54 Å². The first-order valence-corrected chi connectivity index (χ1v) is 7.49. The van der Waals surface area contributed by atoms with Crippen molar-refractivity contribution in [2.45, 2.75) is 6.54 Å². The fourth-order valence-corrected chi connectivity index (χ4v) is 2.85. The van der Waals surface area contributed by atoms with Crippen LogP contribution >= 0.6 is 23.8 Å². The molecular weight excluding hydrogens is 304 g/mol. The highest BCUT2D eigenvalue weighted by Crippen LogP contribution is 2.29. The van der Waals surface area contributed by atoms with Crippen LogP contribution in [0.5, 0.6) is 5.75 Å². The van der Waals surface area contributed by atoms with Crippen molar-refractivity contribution in [2.24, 2.45) is 5.73 Å². The Morgan fingerprint density at radius 2 is 2.05 bits per heavy atom. The second-order valence-corrected chi connectivity index (χ2v) is 5.78. The van der Waals surface area contributed by atoms with Crippen molar-refractivity contribution >= 4 is 34.5 Å². The number of nitrogens with two attached hydrogens (primary N) is 1. The van der Waals surface area contributed by atoms with E-state index < -0.39 is 0 Å². The highest BCUT2D eigenvalue weighted by Gasteiger charge is 2.18. The third kappa shape index (κ3) is 2.96. The molecule has 0 aromatic heterocycles. The summed E-state index contributed by atoms with van der Waals surface area (Å²) in [5.41, 5.74) is 8.79. The SMILES string of the molecule is NC(=S)c1cc(Cl)ccc1N1CCOc2ccccc2C1. The first kappa shape index (κ1) is 14.2. The van der Waals surface area contributed by atoms with Gasteiger partial charge in [-0.25, -0.2) is 0 Å². The van der Waals surface area contributed by atoms with Gasteiger partial charge in [-0.05, 0) is 24.3 Å². The summed E-state index contributed by atoms with van der Waals surface area (Å²) in [4.78, 5) is 2.57. The second kappa shape index (κ2) is 5.92. The Morgan fingerprint density at radius 1 is 1.24 bits per heavy atom. The Hall–Kier alpha value is -1.78. The van der Waals surface area contributed by atoms with Gasteiger partial charge in [0, 0.05) is 28.4 Å². The van der Waals surface area contributed by atoms with E-state index in [1.54, 1.807) is 0 Å². The topological polar surface area (TPSA) is 38.5 Å². The molecule has 0 amide bonds. The molecule has 1 aliphatic rings. The van der Waals surface area contributed by atoms with E-state index in [1.807, 2.05) is 36.4 Å². The van der Waals surface area contributed by atoms with Crippen LogP contribution in [-0.4, -0.2) is 18.1 Å². The zero-order valence-corrected chi connectivity index (χ0v) is 13.0. The van der Waals surface area contributed by atoms with E-state index in [0.29, 0.717) is 16.6 Å². The molecule has 3 rings (SSSR count). The first-order valence-electron chi connectivity index (χ1n) is 6.70. The maximum atomic E-state index is 6.05. The predicted octanol–water partition coefficient (Wildman–Crippen LogP) is 3.37. The van der Waals surface area contributed by atoms with Crippen molar-refractivity contribution in [1.82, 2.24) is 0 Å².